The van der Waals surface area contributed by atoms with Crippen LogP contribution in [-0.2, 0) is 11.3 Å². The first kappa shape index (κ1) is 25.8. The number of aromatic nitrogens is 3. The molecule has 6 nitrogen and oxygen atoms in total. The highest BCUT2D eigenvalue weighted by Gasteiger charge is 2.49. The molecule has 0 radical (unpaired) electrons. The van der Waals surface area contributed by atoms with E-state index in [1.807, 2.05) is 18.2 Å². The van der Waals surface area contributed by atoms with Crippen molar-refractivity contribution in [1.82, 2.24) is 15.1 Å². The van der Waals surface area contributed by atoms with Crippen LogP contribution < -0.4 is 4.74 Å². The molecule has 0 amide bonds. The molecule has 4 saturated carbocycles. The quantitative estimate of drug-likeness (QED) is 0.217. The van der Waals surface area contributed by atoms with E-state index in [1.54, 1.807) is 25.7 Å². The lowest BCUT2D eigenvalue weighted by molar-refractivity contribution is -0.131. The number of pyridine rings is 2. The van der Waals surface area contributed by atoms with Gasteiger partial charge in [-0.2, -0.15) is 0 Å². The molecule has 40 heavy (non-hydrogen) atoms. The predicted molar refractivity (Wildman–Crippen MR) is 155 cm³/mol. The standard InChI is InChI=1S/C32H29Cl2N3O3/c1-38-27-7-15-36-26-5-2-20(16-22(26)27)6-8-31-9-12-32(13-10-31,14-11-31)39-19-23-29(37-40-30(23)21-3-4-21)28-24(33)17-35-18-25(28)34/h2,5,7,15-18,21H,3-4,9-14,19H2,1H3. The fraction of sp³-hybridized carbons (Fsp3) is 0.406. The number of methoxy groups -OCH3 is 1. The van der Waals surface area contributed by atoms with Gasteiger partial charge >= 0.3 is 0 Å². The van der Waals surface area contributed by atoms with Crippen LogP contribution in [0.5, 0.6) is 5.75 Å². The third-order valence-electron chi connectivity index (χ3n) is 8.95. The molecule has 0 N–H and O–H groups in total. The van der Waals surface area contributed by atoms with E-state index >= 15 is 0 Å². The smallest absolute Gasteiger partial charge is 0.145 e. The van der Waals surface area contributed by atoms with Gasteiger partial charge in [-0.15, -0.1) is 0 Å². The highest BCUT2D eigenvalue weighted by Crippen LogP contribution is 2.54. The number of nitrogens with zero attached hydrogens (tertiary/aromatic N) is 3. The Hall–Kier alpha value is -3.11. The summed E-state index contributed by atoms with van der Waals surface area (Å²) in [6.45, 7) is 0.436. The number of hydrogen-bond acceptors (Lipinski definition) is 6. The summed E-state index contributed by atoms with van der Waals surface area (Å²) in [5.74, 6) is 9.27. The van der Waals surface area contributed by atoms with Gasteiger partial charge < -0.3 is 14.0 Å². The molecule has 3 aromatic heterocycles. The highest BCUT2D eigenvalue weighted by molar-refractivity contribution is 6.38. The third kappa shape index (κ3) is 4.64. The average molecular weight is 575 g/mol. The maximum atomic E-state index is 6.77. The van der Waals surface area contributed by atoms with E-state index in [4.69, 9.17) is 37.2 Å². The molecular formula is C32H29Cl2N3O3. The lowest BCUT2D eigenvalue weighted by atomic mass is 9.59. The number of benzene rings is 1. The van der Waals surface area contributed by atoms with Crippen molar-refractivity contribution < 1.29 is 14.0 Å². The summed E-state index contributed by atoms with van der Waals surface area (Å²) >= 11 is 13.0. The molecule has 0 aliphatic heterocycles. The second-order valence-electron chi connectivity index (χ2n) is 11.4. The zero-order chi connectivity index (χ0) is 27.3. The van der Waals surface area contributed by atoms with E-state index in [-0.39, 0.29) is 11.0 Å². The molecule has 2 bridgehead atoms. The van der Waals surface area contributed by atoms with Crippen molar-refractivity contribution in [3.8, 4) is 28.8 Å². The number of rotatable bonds is 6. The van der Waals surface area contributed by atoms with Crippen LogP contribution in [0.3, 0.4) is 0 Å². The first-order valence-electron chi connectivity index (χ1n) is 13.9. The third-order valence-corrected chi connectivity index (χ3v) is 9.52. The van der Waals surface area contributed by atoms with Crippen molar-refractivity contribution in [2.24, 2.45) is 5.41 Å². The summed E-state index contributed by atoms with van der Waals surface area (Å²) in [7, 11) is 1.69. The van der Waals surface area contributed by atoms with Crippen LogP contribution >= 0.6 is 23.2 Å². The number of hydrogen-bond donors (Lipinski definition) is 0. The fourth-order valence-electron chi connectivity index (χ4n) is 6.32. The van der Waals surface area contributed by atoms with Crippen molar-refractivity contribution in [1.29, 1.82) is 0 Å². The van der Waals surface area contributed by atoms with Gasteiger partial charge in [-0.1, -0.05) is 40.2 Å². The van der Waals surface area contributed by atoms with Crippen molar-refractivity contribution in [3.63, 3.8) is 0 Å². The topological polar surface area (TPSA) is 70.3 Å². The van der Waals surface area contributed by atoms with Gasteiger partial charge in [-0.05, 0) is 75.6 Å². The molecule has 4 aliphatic carbocycles. The molecule has 0 spiro atoms. The SMILES string of the molecule is COc1ccnc2ccc(C#CC34CCC(OCc5c(-c6c(Cl)cncc6Cl)noc5C5CC5)(CC3)CC4)cc12. The highest BCUT2D eigenvalue weighted by atomic mass is 35.5. The summed E-state index contributed by atoms with van der Waals surface area (Å²) in [5.41, 5.74) is 4.10. The van der Waals surface area contributed by atoms with Crippen LogP contribution in [-0.4, -0.2) is 27.8 Å². The fourth-order valence-corrected chi connectivity index (χ4v) is 6.87. The normalized spacial score (nSPS) is 23.7. The Morgan fingerprint density at radius 3 is 2.48 bits per heavy atom. The molecule has 0 saturated heterocycles. The van der Waals surface area contributed by atoms with E-state index in [0.29, 0.717) is 33.8 Å². The molecule has 0 unspecified atom stereocenters. The Morgan fingerprint density at radius 2 is 1.77 bits per heavy atom. The molecule has 4 aromatic rings. The second kappa shape index (κ2) is 10.1. The maximum Gasteiger partial charge on any atom is 0.145 e. The molecular weight excluding hydrogens is 545 g/mol. The summed E-state index contributed by atoms with van der Waals surface area (Å²) in [6.07, 6.45) is 13.2. The van der Waals surface area contributed by atoms with E-state index in [0.717, 1.165) is 84.9 Å². The number of halogens is 2. The molecule has 4 fully saturated rings. The Bertz CT molecular complexity index is 1620. The lowest BCUT2D eigenvalue weighted by Gasteiger charge is -2.51. The summed E-state index contributed by atoms with van der Waals surface area (Å²) in [6, 6.07) is 8.03. The van der Waals surface area contributed by atoms with Crippen LogP contribution in [0.15, 0.2) is 47.4 Å². The minimum atomic E-state index is -0.146. The zero-order valence-corrected chi connectivity index (χ0v) is 23.8. The molecule has 1 aromatic carbocycles. The molecule has 3 heterocycles. The van der Waals surface area contributed by atoms with Crippen LogP contribution in [0.25, 0.3) is 22.2 Å². The minimum absolute atomic E-state index is 0.0404. The Kier molecular flexibility index (Phi) is 6.50. The van der Waals surface area contributed by atoms with Gasteiger partial charge in [0, 0.05) is 52.0 Å². The predicted octanol–water partition coefficient (Wildman–Crippen LogP) is 8.14. The lowest BCUT2D eigenvalue weighted by Crippen LogP contribution is -2.47. The number of fused-ring (bicyclic) bond motifs is 4. The minimum Gasteiger partial charge on any atom is -0.496 e. The first-order chi connectivity index (χ1) is 19.5. The van der Waals surface area contributed by atoms with E-state index in [2.05, 4.69) is 33.0 Å². The van der Waals surface area contributed by atoms with Gasteiger partial charge in [-0.3, -0.25) is 9.97 Å². The van der Waals surface area contributed by atoms with Crippen molar-refractivity contribution in [3.05, 3.63) is 69.8 Å². The summed E-state index contributed by atoms with van der Waals surface area (Å²) in [4.78, 5) is 8.53. The first-order valence-corrected chi connectivity index (χ1v) is 14.6. The molecule has 8 heteroatoms. The van der Waals surface area contributed by atoms with Crippen molar-refractivity contribution in [2.75, 3.05) is 7.11 Å². The van der Waals surface area contributed by atoms with Crippen molar-refractivity contribution >= 4 is 34.1 Å². The van der Waals surface area contributed by atoms with E-state index in [1.165, 1.54) is 0 Å². The Balaban J connectivity index is 1.08. The zero-order valence-electron chi connectivity index (χ0n) is 22.3. The van der Waals surface area contributed by atoms with Gasteiger partial charge in [0.25, 0.3) is 0 Å². The van der Waals surface area contributed by atoms with E-state index in [9.17, 15) is 0 Å². The second-order valence-corrected chi connectivity index (χ2v) is 12.2. The van der Waals surface area contributed by atoms with Gasteiger partial charge in [0.15, 0.2) is 0 Å². The Labute approximate surface area is 243 Å². The molecule has 204 valence electrons. The summed E-state index contributed by atoms with van der Waals surface area (Å²) in [5, 5.41) is 6.31. The Morgan fingerprint density at radius 1 is 1.02 bits per heavy atom. The van der Waals surface area contributed by atoms with Gasteiger partial charge in [0.2, 0.25) is 0 Å². The maximum absolute atomic E-state index is 6.77. The van der Waals surface area contributed by atoms with Crippen LogP contribution in [0.2, 0.25) is 10.0 Å². The summed E-state index contributed by atoms with van der Waals surface area (Å²) < 4.78 is 18.1. The van der Waals surface area contributed by atoms with Gasteiger partial charge in [-0.25, -0.2) is 0 Å². The molecule has 8 rings (SSSR count). The van der Waals surface area contributed by atoms with Gasteiger partial charge in [0.1, 0.15) is 17.2 Å². The monoisotopic (exact) mass is 573 g/mol. The van der Waals surface area contributed by atoms with Crippen LogP contribution in [0.4, 0.5) is 0 Å². The van der Waals surface area contributed by atoms with Crippen molar-refractivity contribution in [2.45, 2.75) is 69.5 Å². The van der Waals surface area contributed by atoms with Crippen LogP contribution in [0.1, 0.15) is 74.2 Å². The van der Waals surface area contributed by atoms with Gasteiger partial charge in [0.05, 0.1) is 34.9 Å². The van der Waals surface area contributed by atoms with E-state index < -0.39 is 0 Å². The molecule has 0 atom stereocenters. The largest absolute Gasteiger partial charge is 0.496 e. The number of ether oxygens (including phenoxy) is 2. The van der Waals surface area contributed by atoms with Crippen LogP contribution in [0, 0.1) is 17.3 Å². The average Bonchev–Trinajstić information content (AvgIpc) is 3.75. The molecule has 4 aliphatic rings.